The molecule has 9 heteroatoms. The molecule has 25 heavy (non-hydrogen) atoms. The van der Waals surface area contributed by atoms with Crippen molar-refractivity contribution in [2.24, 2.45) is 10.8 Å². The predicted molar refractivity (Wildman–Crippen MR) is 99.0 cm³/mol. The lowest BCUT2D eigenvalue weighted by atomic mass is 9.09. The zero-order chi connectivity index (χ0) is 18.7. The van der Waals surface area contributed by atoms with Gasteiger partial charge in [0.1, 0.15) is 0 Å². The van der Waals surface area contributed by atoms with E-state index in [1.165, 1.54) is 0 Å². The van der Waals surface area contributed by atoms with Crippen LogP contribution in [0.15, 0.2) is 0 Å². The lowest BCUT2D eigenvalue weighted by Crippen LogP contribution is -2.74. The number of hydrogen-bond acceptors (Lipinski definition) is 6. The maximum Gasteiger partial charge on any atom is 0.325 e. The van der Waals surface area contributed by atoms with Gasteiger partial charge in [0.15, 0.2) is 0 Å². The highest BCUT2D eigenvalue weighted by Crippen LogP contribution is 2.43. The van der Waals surface area contributed by atoms with E-state index in [0.29, 0.717) is 26.4 Å². The lowest BCUT2D eigenvalue weighted by molar-refractivity contribution is -0.00203. The molecule has 3 heterocycles. The van der Waals surface area contributed by atoms with Gasteiger partial charge in [0.25, 0.3) is 0 Å². The van der Waals surface area contributed by atoms with Crippen LogP contribution in [0.25, 0.3) is 0 Å². The Bertz CT molecular complexity index is 486. The Hall–Kier alpha value is -0.0452. The molecule has 0 aromatic rings. The van der Waals surface area contributed by atoms with E-state index in [2.05, 4.69) is 27.7 Å². The molecule has 142 valence electrons. The van der Waals surface area contributed by atoms with E-state index in [0.717, 1.165) is 0 Å². The third-order valence-electron chi connectivity index (χ3n) is 5.78. The lowest BCUT2D eigenvalue weighted by Gasteiger charge is -2.54. The van der Waals surface area contributed by atoms with Crippen LogP contribution >= 0.6 is 0 Å². The summed E-state index contributed by atoms with van der Waals surface area (Å²) in [6.45, 7) is 18.8. The molecule has 0 aliphatic carbocycles. The van der Waals surface area contributed by atoms with Gasteiger partial charge in [-0.05, 0) is 27.7 Å². The maximum atomic E-state index is 6.30. The summed E-state index contributed by atoms with van der Waals surface area (Å²) in [5, 5.41) is 0. The molecule has 3 aliphatic heterocycles. The molecular formula is C16H32B3O6-. The van der Waals surface area contributed by atoms with Crippen LogP contribution in [-0.4, -0.2) is 58.0 Å². The van der Waals surface area contributed by atoms with Gasteiger partial charge in [-0.1, -0.05) is 27.7 Å². The van der Waals surface area contributed by atoms with E-state index >= 15 is 0 Å². The van der Waals surface area contributed by atoms with Gasteiger partial charge >= 0.3 is 20.4 Å². The van der Waals surface area contributed by atoms with Crippen molar-refractivity contribution in [3.05, 3.63) is 0 Å². The van der Waals surface area contributed by atoms with E-state index in [1.54, 1.807) is 0 Å². The van der Waals surface area contributed by atoms with Crippen LogP contribution in [0.5, 0.6) is 0 Å². The van der Waals surface area contributed by atoms with Gasteiger partial charge in [-0.3, -0.25) is 0 Å². The number of hydrogen-bond donors (Lipinski definition) is 0. The molecule has 3 rings (SSSR count). The smallest absolute Gasteiger partial charge is 0.325 e. The van der Waals surface area contributed by atoms with Crippen LogP contribution in [0.4, 0.5) is 0 Å². The third kappa shape index (κ3) is 3.56. The molecule has 0 unspecified atom stereocenters. The van der Waals surface area contributed by atoms with E-state index in [1.807, 2.05) is 27.7 Å². The van der Waals surface area contributed by atoms with Gasteiger partial charge in [0, 0.05) is 37.3 Å². The highest BCUT2D eigenvalue weighted by molar-refractivity contribution is 7.50. The fourth-order valence-corrected chi connectivity index (χ4v) is 3.30. The second-order valence-electron chi connectivity index (χ2n) is 10.4. The fraction of sp³-hybridized carbons (Fsp3) is 1.00. The first-order chi connectivity index (χ1) is 11.3. The molecule has 0 radical (unpaired) electrons. The maximum absolute atomic E-state index is 6.30. The van der Waals surface area contributed by atoms with Crippen molar-refractivity contribution in [3.63, 3.8) is 0 Å². The van der Waals surface area contributed by atoms with Gasteiger partial charge in [0.05, 0.1) is 11.2 Å². The first-order valence-corrected chi connectivity index (χ1v) is 9.31. The van der Waals surface area contributed by atoms with Crippen LogP contribution < -0.4 is 0 Å². The van der Waals surface area contributed by atoms with Crippen molar-refractivity contribution in [1.82, 2.24) is 0 Å². The average molecular weight is 353 g/mol. The van der Waals surface area contributed by atoms with Crippen molar-refractivity contribution >= 4 is 20.4 Å². The molecule has 0 amide bonds. The summed E-state index contributed by atoms with van der Waals surface area (Å²) in [6.07, 6.45) is -2.05. The Morgan fingerprint density at radius 2 is 1.00 bits per heavy atom. The monoisotopic (exact) mass is 353 g/mol. The molecule has 0 N–H and O–H groups in total. The minimum atomic E-state index is -2.05. The van der Waals surface area contributed by atoms with Crippen molar-refractivity contribution in [3.8, 4) is 0 Å². The molecule has 0 atom stereocenters. The van der Waals surface area contributed by atoms with Crippen molar-refractivity contribution in [2.75, 3.05) is 26.4 Å². The first-order valence-electron chi connectivity index (χ1n) is 9.31. The second kappa shape index (κ2) is 5.98. The fourth-order valence-electron chi connectivity index (χ4n) is 3.30. The Morgan fingerprint density at radius 1 is 0.600 bits per heavy atom. The molecule has 3 fully saturated rings. The summed E-state index contributed by atoms with van der Waals surface area (Å²) >= 11 is 0. The summed E-state index contributed by atoms with van der Waals surface area (Å²) in [5.74, 6) is 0. The van der Waals surface area contributed by atoms with Gasteiger partial charge in [-0.15, -0.1) is 0 Å². The van der Waals surface area contributed by atoms with E-state index in [4.69, 9.17) is 27.9 Å². The summed E-state index contributed by atoms with van der Waals surface area (Å²) < 4.78 is 37.2. The summed E-state index contributed by atoms with van der Waals surface area (Å²) in [6, 6.07) is 0. The topological polar surface area (TPSA) is 55.4 Å². The van der Waals surface area contributed by atoms with E-state index < -0.39 is 31.6 Å². The Labute approximate surface area is 152 Å². The predicted octanol–water partition coefficient (Wildman–Crippen LogP) is 2.31. The second-order valence-corrected chi connectivity index (χ2v) is 10.4. The van der Waals surface area contributed by atoms with Gasteiger partial charge in [-0.25, -0.2) is 0 Å². The SMILES string of the molecule is CC1(C)COB([B-]2(B3OC(C)(C)C(C)(C)O3)OCC(C)(C)CO2)OC1. The Balaban J connectivity index is 1.87. The quantitative estimate of drug-likeness (QED) is 0.711. The van der Waals surface area contributed by atoms with Crippen LogP contribution in [-0.2, 0) is 27.9 Å². The largest absolute Gasteiger partial charge is 0.571 e. The summed E-state index contributed by atoms with van der Waals surface area (Å²) in [5.41, 5.74) is -1.04. The van der Waals surface area contributed by atoms with Gasteiger partial charge in [-0.2, -0.15) is 0 Å². The zero-order valence-corrected chi connectivity index (χ0v) is 17.0. The normalized spacial score (nSPS) is 32.6. The van der Waals surface area contributed by atoms with Crippen molar-refractivity contribution < 1.29 is 27.9 Å². The highest BCUT2D eigenvalue weighted by atomic mass is 16.7. The van der Waals surface area contributed by atoms with Crippen molar-refractivity contribution in [1.29, 1.82) is 0 Å². The minimum absolute atomic E-state index is 0.0301. The van der Waals surface area contributed by atoms with E-state index in [-0.39, 0.29) is 10.8 Å². The molecule has 3 aliphatic rings. The minimum Gasteiger partial charge on any atom is -0.571 e. The standard InChI is InChI=1S/C16H32B3O6/c1-13(2)9-20-17(21-10-13)19(22-11-14(3,4)12-23-19)18-24-15(5,6)16(7,8)25-18/h9-12H2,1-8H3/q-1. The molecule has 6 nitrogen and oxygen atoms in total. The van der Waals surface area contributed by atoms with Gasteiger partial charge < -0.3 is 27.9 Å². The third-order valence-corrected chi connectivity index (χ3v) is 5.78. The van der Waals surface area contributed by atoms with Gasteiger partial charge in [0.2, 0.25) is 0 Å². The van der Waals surface area contributed by atoms with E-state index in [9.17, 15) is 0 Å². The average Bonchev–Trinajstić information content (AvgIpc) is 2.69. The van der Waals surface area contributed by atoms with Crippen LogP contribution in [0, 0.1) is 10.8 Å². The van der Waals surface area contributed by atoms with Crippen LogP contribution in [0.3, 0.4) is 0 Å². The molecule has 0 aromatic carbocycles. The summed E-state index contributed by atoms with van der Waals surface area (Å²) in [4.78, 5) is 0. The molecule has 0 spiro atoms. The zero-order valence-electron chi connectivity index (χ0n) is 17.0. The Morgan fingerprint density at radius 3 is 1.44 bits per heavy atom. The number of rotatable bonds is 2. The van der Waals surface area contributed by atoms with Crippen LogP contribution in [0.1, 0.15) is 55.4 Å². The molecule has 3 saturated heterocycles. The molecule has 0 aromatic heterocycles. The Kier molecular flexibility index (Phi) is 4.71. The first kappa shape index (κ1) is 19.7. The van der Waals surface area contributed by atoms with Crippen molar-refractivity contribution in [2.45, 2.75) is 66.6 Å². The molecular weight excluding hydrogens is 321 g/mol. The molecule has 0 bridgehead atoms. The highest BCUT2D eigenvalue weighted by Gasteiger charge is 2.64. The summed E-state index contributed by atoms with van der Waals surface area (Å²) in [7, 11) is -1.29. The molecule has 0 saturated carbocycles. The van der Waals surface area contributed by atoms with Crippen LogP contribution in [0.2, 0.25) is 0 Å².